The lowest BCUT2D eigenvalue weighted by Crippen LogP contribution is -2.49. The van der Waals surface area contributed by atoms with Crippen LogP contribution in [0.25, 0.3) is 0 Å². The number of halogens is 1. The normalized spacial score (nSPS) is 17.6. The molecule has 0 bridgehead atoms. The second-order valence-corrected chi connectivity index (χ2v) is 4.25. The Morgan fingerprint density at radius 3 is 2.63 bits per heavy atom. The van der Waals surface area contributed by atoms with Gasteiger partial charge in [0.05, 0.1) is 20.8 Å². The maximum absolute atomic E-state index is 13.2. The highest BCUT2D eigenvalue weighted by atomic mass is 19.1. The molecule has 1 atom stereocenters. The molecule has 0 saturated heterocycles. The summed E-state index contributed by atoms with van der Waals surface area (Å²) in [6.07, 6.45) is -0.389. The smallest absolute Gasteiger partial charge is 0.410 e. The van der Waals surface area contributed by atoms with Crippen molar-refractivity contribution < 1.29 is 23.5 Å². The fourth-order valence-corrected chi connectivity index (χ4v) is 2.21. The second kappa shape index (κ2) is 5.26. The Morgan fingerprint density at radius 1 is 1.26 bits per heavy atom. The fraction of sp³-hybridized carbons (Fsp3) is 0.385. The van der Waals surface area contributed by atoms with Crippen molar-refractivity contribution in [2.24, 2.45) is 0 Å². The van der Waals surface area contributed by atoms with Crippen molar-refractivity contribution in [2.45, 2.75) is 19.0 Å². The molecule has 0 unspecified atom stereocenters. The predicted octanol–water partition coefficient (Wildman–Crippen LogP) is 1.49. The molecule has 1 aliphatic rings. The van der Waals surface area contributed by atoms with Gasteiger partial charge in [0.25, 0.3) is 0 Å². The summed E-state index contributed by atoms with van der Waals surface area (Å²) in [6, 6.07) is 3.52. The van der Waals surface area contributed by atoms with Gasteiger partial charge in [0.15, 0.2) is 0 Å². The first-order chi connectivity index (χ1) is 9.06. The molecule has 1 aromatic carbocycles. The van der Waals surface area contributed by atoms with Crippen molar-refractivity contribution in [2.75, 3.05) is 14.2 Å². The van der Waals surface area contributed by atoms with Crippen molar-refractivity contribution in [3.05, 3.63) is 35.1 Å². The Labute approximate surface area is 109 Å². The number of hydrogen-bond donors (Lipinski definition) is 0. The highest BCUT2D eigenvalue weighted by Gasteiger charge is 2.36. The van der Waals surface area contributed by atoms with Crippen LogP contribution < -0.4 is 0 Å². The topological polar surface area (TPSA) is 55.8 Å². The maximum Gasteiger partial charge on any atom is 0.410 e. The van der Waals surface area contributed by atoms with Gasteiger partial charge >= 0.3 is 12.1 Å². The molecular formula is C13H14FNO4. The highest BCUT2D eigenvalue weighted by molar-refractivity contribution is 5.82. The summed E-state index contributed by atoms with van der Waals surface area (Å²) in [6.45, 7) is 0.196. The lowest BCUT2D eigenvalue weighted by molar-refractivity contribution is -0.146. The van der Waals surface area contributed by atoms with Crippen molar-refractivity contribution in [3.8, 4) is 0 Å². The van der Waals surface area contributed by atoms with Gasteiger partial charge in [-0.2, -0.15) is 0 Å². The Balaban J connectivity index is 2.36. The predicted molar refractivity (Wildman–Crippen MR) is 63.9 cm³/mol. The van der Waals surface area contributed by atoms with Crippen LogP contribution in [0.3, 0.4) is 0 Å². The molecule has 1 amide bonds. The summed E-state index contributed by atoms with van der Waals surface area (Å²) in [7, 11) is 2.50. The van der Waals surface area contributed by atoms with Crippen molar-refractivity contribution in [1.82, 2.24) is 4.90 Å². The summed E-state index contributed by atoms with van der Waals surface area (Å²) < 4.78 is 22.5. The molecule has 102 valence electrons. The highest BCUT2D eigenvalue weighted by Crippen LogP contribution is 2.25. The van der Waals surface area contributed by atoms with Gasteiger partial charge in [-0.3, -0.25) is 4.90 Å². The summed E-state index contributed by atoms with van der Waals surface area (Å²) in [4.78, 5) is 24.7. The molecule has 6 heteroatoms. The number of carbonyl (C=O) groups is 2. The van der Waals surface area contributed by atoms with Crippen LogP contribution in [0.5, 0.6) is 0 Å². The zero-order valence-corrected chi connectivity index (χ0v) is 10.7. The summed E-state index contributed by atoms with van der Waals surface area (Å²) in [5.74, 6) is -0.908. The number of carbonyl (C=O) groups excluding carboxylic acids is 2. The van der Waals surface area contributed by atoms with Crippen molar-refractivity contribution >= 4 is 12.1 Å². The summed E-state index contributed by atoms with van der Waals surface area (Å²) in [5, 5.41) is 0. The average Bonchev–Trinajstić information content (AvgIpc) is 2.44. The van der Waals surface area contributed by atoms with E-state index in [4.69, 9.17) is 0 Å². The minimum atomic E-state index is -0.785. The van der Waals surface area contributed by atoms with E-state index in [2.05, 4.69) is 9.47 Å². The van der Waals surface area contributed by atoms with Crippen LogP contribution in [0.4, 0.5) is 9.18 Å². The molecular weight excluding hydrogens is 253 g/mol. The van der Waals surface area contributed by atoms with E-state index >= 15 is 0 Å². The molecule has 1 heterocycles. The van der Waals surface area contributed by atoms with E-state index in [1.54, 1.807) is 6.07 Å². The van der Waals surface area contributed by atoms with E-state index in [-0.39, 0.29) is 18.8 Å². The van der Waals surface area contributed by atoms with Crippen LogP contribution in [0.15, 0.2) is 18.2 Å². The molecule has 19 heavy (non-hydrogen) atoms. The first-order valence-corrected chi connectivity index (χ1v) is 5.76. The van der Waals surface area contributed by atoms with Crippen molar-refractivity contribution in [1.29, 1.82) is 0 Å². The minimum Gasteiger partial charge on any atom is -0.467 e. The Kier molecular flexibility index (Phi) is 3.69. The van der Waals surface area contributed by atoms with Crippen LogP contribution in [0.2, 0.25) is 0 Å². The summed E-state index contributed by atoms with van der Waals surface area (Å²) in [5.41, 5.74) is 1.50. The van der Waals surface area contributed by atoms with Crippen LogP contribution in [-0.4, -0.2) is 37.2 Å². The largest absolute Gasteiger partial charge is 0.467 e. The standard InChI is InChI=1S/C13H14FNO4/c1-18-12(16)11-6-9-5-10(14)4-3-8(9)7-15(11)13(17)19-2/h3-5,11H,6-7H2,1-2H3/t11-/m1/s1. The SMILES string of the molecule is COC(=O)[C@H]1Cc2cc(F)ccc2CN1C(=O)OC. The molecule has 0 fully saturated rings. The fourth-order valence-electron chi connectivity index (χ4n) is 2.21. The van der Waals surface area contributed by atoms with Gasteiger partial charge in [-0.25, -0.2) is 14.0 Å². The third kappa shape index (κ3) is 2.52. The van der Waals surface area contributed by atoms with Crippen LogP contribution >= 0.6 is 0 Å². The first kappa shape index (κ1) is 13.3. The third-order valence-electron chi connectivity index (χ3n) is 3.18. The lowest BCUT2D eigenvalue weighted by Gasteiger charge is -2.33. The molecule has 1 aromatic rings. The number of hydrogen-bond acceptors (Lipinski definition) is 4. The molecule has 0 spiro atoms. The monoisotopic (exact) mass is 267 g/mol. The van der Waals surface area contributed by atoms with Crippen LogP contribution in [0.1, 0.15) is 11.1 Å². The van der Waals surface area contributed by atoms with Gasteiger partial charge in [0.2, 0.25) is 0 Å². The average molecular weight is 267 g/mol. The molecule has 0 N–H and O–H groups in total. The van der Waals surface area contributed by atoms with Gasteiger partial charge in [-0.1, -0.05) is 6.07 Å². The number of esters is 1. The van der Waals surface area contributed by atoms with Gasteiger partial charge in [-0.05, 0) is 23.3 Å². The molecule has 5 nitrogen and oxygen atoms in total. The molecule has 0 radical (unpaired) electrons. The first-order valence-electron chi connectivity index (χ1n) is 5.76. The van der Waals surface area contributed by atoms with E-state index in [0.717, 1.165) is 5.56 Å². The van der Waals surface area contributed by atoms with E-state index in [0.29, 0.717) is 5.56 Å². The van der Waals surface area contributed by atoms with E-state index in [1.165, 1.54) is 31.3 Å². The number of fused-ring (bicyclic) bond motifs is 1. The Bertz CT molecular complexity index is 517. The molecule has 0 aromatic heterocycles. The van der Waals surface area contributed by atoms with E-state index in [9.17, 15) is 14.0 Å². The number of methoxy groups -OCH3 is 2. The number of ether oxygens (including phenoxy) is 2. The quantitative estimate of drug-likeness (QED) is 0.723. The Morgan fingerprint density at radius 2 is 2.00 bits per heavy atom. The molecule has 0 saturated carbocycles. The van der Waals surface area contributed by atoms with Crippen LogP contribution in [-0.2, 0) is 27.2 Å². The molecule has 1 aliphatic heterocycles. The zero-order valence-electron chi connectivity index (χ0n) is 10.7. The second-order valence-electron chi connectivity index (χ2n) is 4.25. The third-order valence-corrected chi connectivity index (χ3v) is 3.18. The minimum absolute atomic E-state index is 0.196. The number of rotatable bonds is 1. The van der Waals surface area contributed by atoms with Crippen molar-refractivity contribution in [3.63, 3.8) is 0 Å². The van der Waals surface area contributed by atoms with Gasteiger partial charge in [0.1, 0.15) is 11.9 Å². The Hall–Kier alpha value is -2.11. The maximum atomic E-state index is 13.2. The van der Waals surface area contributed by atoms with E-state index in [1.807, 2.05) is 0 Å². The van der Waals surface area contributed by atoms with E-state index < -0.39 is 18.1 Å². The molecule has 0 aliphatic carbocycles. The number of nitrogens with zero attached hydrogens (tertiary/aromatic N) is 1. The van der Waals surface area contributed by atoms with Gasteiger partial charge in [0, 0.05) is 6.42 Å². The zero-order chi connectivity index (χ0) is 14.0. The van der Waals surface area contributed by atoms with Gasteiger partial charge in [-0.15, -0.1) is 0 Å². The summed E-state index contributed by atoms with van der Waals surface area (Å²) >= 11 is 0. The van der Waals surface area contributed by atoms with Gasteiger partial charge < -0.3 is 9.47 Å². The number of amides is 1. The lowest BCUT2D eigenvalue weighted by atomic mass is 9.94. The molecule has 2 rings (SSSR count). The van der Waals surface area contributed by atoms with Crippen LogP contribution in [0, 0.1) is 5.82 Å². The number of benzene rings is 1.